The van der Waals surface area contributed by atoms with Crippen molar-refractivity contribution < 1.29 is 64.6 Å². The molecule has 2 fully saturated rings. The Morgan fingerprint density at radius 1 is 0.449 bits per heavy atom. The minimum Gasteiger partial charge on any atom is -0.394 e. The van der Waals surface area contributed by atoms with Gasteiger partial charge in [0.05, 0.1) is 32.0 Å². The molecule has 0 aromatic heterocycles. The highest BCUT2D eigenvalue weighted by molar-refractivity contribution is 5.76. The second-order valence-corrected chi connectivity index (χ2v) is 23.6. The van der Waals surface area contributed by atoms with E-state index < -0.39 is 86.8 Å². The van der Waals surface area contributed by atoms with E-state index in [1.54, 1.807) is 6.08 Å². The predicted octanol–water partition coefficient (Wildman–Crippen LogP) is 12.2. The maximum absolute atomic E-state index is 13.3. The van der Waals surface area contributed by atoms with Crippen molar-refractivity contribution in [3.05, 3.63) is 12.2 Å². The van der Waals surface area contributed by atoms with E-state index in [4.69, 9.17) is 18.9 Å². The van der Waals surface area contributed by atoms with E-state index in [9.17, 15) is 45.6 Å². The Bertz CT molecular complexity index is 1360. The summed E-state index contributed by atoms with van der Waals surface area (Å²) in [5.41, 5.74) is 0. The number of amides is 1. The molecule has 2 heterocycles. The number of carbonyl (C=O) groups excluding carboxylic acids is 1. The first-order chi connectivity index (χ1) is 38.1. The highest BCUT2D eigenvalue weighted by Gasteiger charge is 2.51. The van der Waals surface area contributed by atoms with Crippen molar-refractivity contribution in [1.29, 1.82) is 0 Å². The molecule has 0 bridgehead atoms. The summed E-state index contributed by atoms with van der Waals surface area (Å²) in [5, 5.41) is 87.3. The molecular formula is C64H123NO13. The van der Waals surface area contributed by atoms with E-state index in [0.29, 0.717) is 6.42 Å². The lowest BCUT2D eigenvalue weighted by atomic mass is 9.97. The fraction of sp³-hybridized carbons (Fsp3) is 0.953. The molecule has 0 aromatic rings. The molecule has 14 nitrogen and oxygen atoms in total. The van der Waals surface area contributed by atoms with E-state index in [1.165, 1.54) is 231 Å². The van der Waals surface area contributed by atoms with Crippen LogP contribution in [0, 0.1) is 0 Å². The van der Waals surface area contributed by atoms with Crippen molar-refractivity contribution in [2.75, 3.05) is 19.8 Å². The van der Waals surface area contributed by atoms with Gasteiger partial charge in [-0.25, -0.2) is 0 Å². The van der Waals surface area contributed by atoms with Gasteiger partial charge in [-0.15, -0.1) is 0 Å². The first-order valence-electron chi connectivity index (χ1n) is 32.9. The molecule has 12 atom stereocenters. The highest BCUT2D eigenvalue weighted by atomic mass is 16.7. The monoisotopic (exact) mass is 1110 g/mol. The Kier molecular flexibility index (Phi) is 46.9. The zero-order valence-electron chi connectivity index (χ0n) is 49.9. The molecule has 462 valence electrons. The quantitative estimate of drug-likeness (QED) is 0.0204. The maximum Gasteiger partial charge on any atom is 0.220 e. The largest absolute Gasteiger partial charge is 0.394 e. The Hall–Kier alpha value is -1.27. The van der Waals surface area contributed by atoms with Gasteiger partial charge in [0.2, 0.25) is 5.91 Å². The summed E-state index contributed by atoms with van der Waals surface area (Å²) in [5.74, 6) is -0.232. The highest BCUT2D eigenvalue weighted by Crippen LogP contribution is 2.30. The van der Waals surface area contributed by atoms with Gasteiger partial charge < -0.3 is 65.1 Å². The summed E-state index contributed by atoms with van der Waals surface area (Å²) < 4.78 is 22.8. The van der Waals surface area contributed by atoms with Gasteiger partial charge in [-0.3, -0.25) is 4.79 Å². The number of rotatable bonds is 54. The predicted molar refractivity (Wildman–Crippen MR) is 314 cm³/mol. The lowest BCUT2D eigenvalue weighted by Gasteiger charge is -2.46. The van der Waals surface area contributed by atoms with Crippen molar-refractivity contribution in [1.82, 2.24) is 5.32 Å². The third-order valence-corrected chi connectivity index (χ3v) is 16.5. The molecule has 2 rings (SSSR count). The van der Waals surface area contributed by atoms with Crippen LogP contribution in [0.5, 0.6) is 0 Å². The fourth-order valence-electron chi connectivity index (χ4n) is 11.2. The van der Waals surface area contributed by atoms with Crippen LogP contribution in [0.2, 0.25) is 0 Å². The van der Waals surface area contributed by atoms with E-state index in [-0.39, 0.29) is 18.9 Å². The van der Waals surface area contributed by atoms with Crippen LogP contribution in [0.3, 0.4) is 0 Å². The van der Waals surface area contributed by atoms with Crippen LogP contribution in [-0.2, 0) is 23.7 Å². The average Bonchev–Trinajstić information content (AvgIpc) is 3.48. The second-order valence-electron chi connectivity index (χ2n) is 23.6. The van der Waals surface area contributed by atoms with Crippen LogP contribution in [0.1, 0.15) is 296 Å². The second kappa shape index (κ2) is 50.3. The molecule has 0 saturated carbocycles. The van der Waals surface area contributed by atoms with Gasteiger partial charge >= 0.3 is 0 Å². The van der Waals surface area contributed by atoms with E-state index in [2.05, 4.69) is 19.2 Å². The summed E-state index contributed by atoms with van der Waals surface area (Å²) in [6, 6.07) is -0.910. The van der Waals surface area contributed by atoms with Crippen LogP contribution in [0.25, 0.3) is 0 Å². The third-order valence-electron chi connectivity index (χ3n) is 16.5. The lowest BCUT2D eigenvalue weighted by Crippen LogP contribution is -2.65. The number of carbonyl (C=O) groups is 1. The van der Waals surface area contributed by atoms with Gasteiger partial charge in [0.15, 0.2) is 12.6 Å². The van der Waals surface area contributed by atoms with Crippen molar-refractivity contribution in [3.63, 3.8) is 0 Å². The first kappa shape index (κ1) is 72.8. The van der Waals surface area contributed by atoms with Crippen LogP contribution in [-0.4, -0.2) is 140 Å². The topological polar surface area (TPSA) is 228 Å². The number of hydrogen-bond donors (Lipinski definition) is 9. The van der Waals surface area contributed by atoms with E-state index in [0.717, 1.165) is 38.5 Å². The van der Waals surface area contributed by atoms with Gasteiger partial charge in [-0.05, 0) is 19.3 Å². The summed E-state index contributed by atoms with van der Waals surface area (Å²) in [7, 11) is 0. The molecule has 14 heteroatoms. The van der Waals surface area contributed by atoms with E-state index >= 15 is 0 Å². The Morgan fingerprint density at radius 2 is 0.795 bits per heavy atom. The Balaban J connectivity index is 1.72. The van der Waals surface area contributed by atoms with Crippen LogP contribution in [0.15, 0.2) is 12.2 Å². The molecular weight excluding hydrogens is 991 g/mol. The van der Waals surface area contributed by atoms with Gasteiger partial charge in [-0.2, -0.15) is 0 Å². The number of aliphatic hydroxyl groups excluding tert-OH is 8. The minimum atomic E-state index is -1.79. The normalized spacial score (nSPS) is 24.5. The van der Waals surface area contributed by atoms with Crippen molar-refractivity contribution in [3.8, 4) is 0 Å². The molecule has 2 aliphatic rings. The summed E-state index contributed by atoms with van der Waals surface area (Å²) in [6.45, 7) is 2.85. The van der Waals surface area contributed by atoms with Crippen LogP contribution >= 0.6 is 0 Å². The summed E-state index contributed by atoms with van der Waals surface area (Å²) >= 11 is 0. The van der Waals surface area contributed by atoms with Crippen LogP contribution in [0.4, 0.5) is 0 Å². The molecule has 0 spiro atoms. The van der Waals surface area contributed by atoms with E-state index in [1.807, 2.05) is 6.08 Å². The molecule has 12 unspecified atom stereocenters. The average molecular weight is 1110 g/mol. The van der Waals surface area contributed by atoms with Crippen molar-refractivity contribution in [2.45, 2.75) is 370 Å². The molecule has 78 heavy (non-hydrogen) atoms. The number of ether oxygens (including phenoxy) is 4. The number of unbranched alkanes of at least 4 members (excludes halogenated alkanes) is 41. The standard InChI is InChI=1S/C64H123NO13/c1-3-5-7-9-11-13-15-17-19-21-23-25-26-28-30-32-34-36-38-40-42-44-46-48-56(69)65-52(53(68)47-45-43-41-39-37-35-33-31-29-27-24-22-20-18-16-14-12-10-8-6-4-2)51-75-63-61(74)59(72)62(55(50-67)77-63)78-64-60(73)58(71)57(70)54(49-66)76-64/h45,47,52-55,57-64,66-68,70-74H,3-44,46,48-51H2,1-2H3,(H,65,69)/b47-45+. The zero-order valence-corrected chi connectivity index (χ0v) is 49.9. The number of nitrogens with one attached hydrogen (secondary N) is 1. The number of hydrogen-bond acceptors (Lipinski definition) is 13. The number of allylic oxidation sites excluding steroid dienone is 1. The Labute approximate surface area is 476 Å². The fourth-order valence-corrected chi connectivity index (χ4v) is 11.2. The zero-order chi connectivity index (χ0) is 56.7. The first-order valence-corrected chi connectivity index (χ1v) is 32.9. The molecule has 2 saturated heterocycles. The molecule has 1 amide bonds. The van der Waals surface area contributed by atoms with Gasteiger partial charge in [0.25, 0.3) is 0 Å². The SMILES string of the molecule is CCCCCCCCCCCCCCCCCCCCC/C=C/C(O)C(COC1OC(CO)C(OC2OC(CO)C(O)C(O)C2O)C(O)C1O)NC(=O)CCCCCCCCCCCCCCCCCCCCCCCCC. The summed E-state index contributed by atoms with van der Waals surface area (Å²) in [6.07, 6.45) is 42.5. The molecule has 2 aliphatic heterocycles. The van der Waals surface area contributed by atoms with Gasteiger partial charge in [-0.1, -0.05) is 283 Å². The van der Waals surface area contributed by atoms with Crippen LogP contribution < -0.4 is 5.32 Å². The lowest BCUT2D eigenvalue weighted by molar-refractivity contribution is -0.359. The van der Waals surface area contributed by atoms with Crippen molar-refractivity contribution in [2.24, 2.45) is 0 Å². The molecule has 9 N–H and O–H groups in total. The van der Waals surface area contributed by atoms with Crippen molar-refractivity contribution >= 4 is 5.91 Å². The summed E-state index contributed by atoms with van der Waals surface area (Å²) in [4.78, 5) is 13.3. The van der Waals surface area contributed by atoms with Gasteiger partial charge in [0.1, 0.15) is 48.8 Å². The maximum atomic E-state index is 13.3. The number of aliphatic hydroxyl groups is 8. The molecule has 0 radical (unpaired) electrons. The molecule has 0 aliphatic carbocycles. The third kappa shape index (κ3) is 35.0. The van der Waals surface area contributed by atoms with Gasteiger partial charge in [0, 0.05) is 6.42 Å². The Morgan fingerprint density at radius 3 is 1.18 bits per heavy atom. The smallest absolute Gasteiger partial charge is 0.220 e. The molecule has 0 aromatic carbocycles. The minimum absolute atomic E-state index is 0.232.